The van der Waals surface area contributed by atoms with E-state index in [1.165, 1.54) is 24.3 Å². The standard InChI is InChI=1S/C17H14N4O4S/c1-11-18-17(26-20-11)19-16(22)10-12-2-6-14(7-3-12)25-15-8-4-13(5-9-15)21(23)24/h2-9H,10H2,1H3,(H,18,19,20,22). The van der Waals surface area contributed by atoms with Crippen molar-refractivity contribution in [1.29, 1.82) is 0 Å². The van der Waals surface area contributed by atoms with E-state index in [2.05, 4.69) is 14.7 Å². The summed E-state index contributed by atoms with van der Waals surface area (Å²) in [5, 5.41) is 13.8. The predicted molar refractivity (Wildman–Crippen MR) is 96.6 cm³/mol. The summed E-state index contributed by atoms with van der Waals surface area (Å²) < 4.78 is 9.64. The highest BCUT2D eigenvalue weighted by Gasteiger charge is 2.08. The highest BCUT2D eigenvalue weighted by molar-refractivity contribution is 7.09. The Morgan fingerprint density at radius 1 is 1.15 bits per heavy atom. The van der Waals surface area contributed by atoms with Crippen LogP contribution in [-0.2, 0) is 11.2 Å². The van der Waals surface area contributed by atoms with Crippen LogP contribution in [0.25, 0.3) is 0 Å². The number of carbonyl (C=O) groups is 1. The summed E-state index contributed by atoms with van der Waals surface area (Å²) in [6, 6.07) is 12.9. The van der Waals surface area contributed by atoms with Gasteiger partial charge in [-0.1, -0.05) is 12.1 Å². The van der Waals surface area contributed by atoms with Crippen LogP contribution in [0.2, 0.25) is 0 Å². The van der Waals surface area contributed by atoms with Crippen LogP contribution >= 0.6 is 11.5 Å². The van der Waals surface area contributed by atoms with Crippen molar-refractivity contribution in [1.82, 2.24) is 9.36 Å². The molecule has 0 atom stereocenters. The third-order valence-corrected chi connectivity index (χ3v) is 4.07. The van der Waals surface area contributed by atoms with Gasteiger partial charge in [-0.05, 0) is 36.8 Å². The second-order valence-electron chi connectivity index (χ2n) is 5.37. The van der Waals surface area contributed by atoms with E-state index in [4.69, 9.17) is 4.74 Å². The van der Waals surface area contributed by atoms with Crippen molar-refractivity contribution >= 4 is 28.3 Å². The molecule has 0 fully saturated rings. The van der Waals surface area contributed by atoms with Gasteiger partial charge in [0.25, 0.3) is 5.69 Å². The molecule has 3 aromatic rings. The number of hydrogen-bond acceptors (Lipinski definition) is 7. The van der Waals surface area contributed by atoms with Crippen LogP contribution in [-0.4, -0.2) is 20.2 Å². The Kier molecular flexibility index (Phi) is 5.18. The number of nitrogens with one attached hydrogen (secondary N) is 1. The zero-order valence-electron chi connectivity index (χ0n) is 13.7. The van der Waals surface area contributed by atoms with Gasteiger partial charge in [-0.2, -0.15) is 4.37 Å². The summed E-state index contributed by atoms with van der Waals surface area (Å²) in [5.41, 5.74) is 0.823. The van der Waals surface area contributed by atoms with Crippen molar-refractivity contribution in [2.24, 2.45) is 0 Å². The van der Waals surface area contributed by atoms with E-state index >= 15 is 0 Å². The van der Waals surface area contributed by atoms with Crippen molar-refractivity contribution < 1.29 is 14.5 Å². The fourth-order valence-electron chi connectivity index (χ4n) is 2.14. The summed E-state index contributed by atoms with van der Waals surface area (Å²) in [6.45, 7) is 1.76. The number of nitro groups is 1. The average Bonchev–Trinajstić information content (AvgIpc) is 3.02. The lowest BCUT2D eigenvalue weighted by Gasteiger charge is -2.07. The maximum Gasteiger partial charge on any atom is 0.269 e. The van der Waals surface area contributed by atoms with E-state index in [0.717, 1.165) is 17.1 Å². The number of ether oxygens (including phenoxy) is 1. The molecule has 0 saturated carbocycles. The van der Waals surface area contributed by atoms with Crippen LogP contribution in [0.4, 0.5) is 10.8 Å². The van der Waals surface area contributed by atoms with E-state index in [0.29, 0.717) is 22.5 Å². The number of nitro benzene ring substituents is 1. The Bertz CT molecular complexity index is 923. The molecular formula is C17H14N4O4S. The summed E-state index contributed by atoms with van der Waals surface area (Å²) in [7, 11) is 0. The molecule has 1 amide bonds. The van der Waals surface area contributed by atoms with Gasteiger partial charge in [0.1, 0.15) is 17.3 Å². The predicted octanol–water partition coefficient (Wildman–Crippen LogP) is 3.73. The number of carbonyl (C=O) groups excluding carboxylic acids is 1. The molecule has 1 N–H and O–H groups in total. The van der Waals surface area contributed by atoms with Gasteiger partial charge in [0.2, 0.25) is 11.0 Å². The van der Waals surface area contributed by atoms with E-state index in [-0.39, 0.29) is 18.0 Å². The molecule has 2 aromatic carbocycles. The summed E-state index contributed by atoms with van der Waals surface area (Å²) in [5.74, 6) is 1.51. The van der Waals surface area contributed by atoms with Crippen molar-refractivity contribution in [2.45, 2.75) is 13.3 Å². The largest absolute Gasteiger partial charge is 0.457 e. The molecule has 0 unspecified atom stereocenters. The molecule has 0 aliphatic rings. The summed E-state index contributed by atoms with van der Waals surface area (Å²) >= 11 is 1.14. The highest BCUT2D eigenvalue weighted by Crippen LogP contribution is 2.24. The first-order valence-corrected chi connectivity index (χ1v) is 8.38. The quantitative estimate of drug-likeness (QED) is 0.523. The van der Waals surface area contributed by atoms with Crippen molar-refractivity contribution in [3.63, 3.8) is 0 Å². The monoisotopic (exact) mass is 370 g/mol. The van der Waals surface area contributed by atoms with Gasteiger partial charge in [0, 0.05) is 23.7 Å². The normalized spacial score (nSPS) is 10.3. The Labute approximate surface area is 152 Å². The lowest BCUT2D eigenvalue weighted by atomic mass is 10.1. The van der Waals surface area contributed by atoms with Crippen LogP contribution < -0.4 is 10.1 Å². The number of hydrogen-bond donors (Lipinski definition) is 1. The number of rotatable bonds is 6. The van der Waals surface area contributed by atoms with Crippen molar-refractivity contribution in [3.8, 4) is 11.5 Å². The molecule has 9 heteroatoms. The van der Waals surface area contributed by atoms with Gasteiger partial charge in [-0.25, -0.2) is 4.98 Å². The summed E-state index contributed by atoms with van der Waals surface area (Å²) in [4.78, 5) is 26.3. The van der Waals surface area contributed by atoms with E-state index in [1.54, 1.807) is 31.2 Å². The van der Waals surface area contributed by atoms with Crippen LogP contribution in [0.5, 0.6) is 11.5 Å². The molecule has 0 saturated heterocycles. The fourth-order valence-corrected chi connectivity index (χ4v) is 2.74. The van der Waals surface area contributed by atoms with Crippen LogP contribution in [0, 0.1) is 17.0 Å². The number of amides is 1. The highest BCUT2D eigenvalue weighted by atomic mass is 32.1. The van der Waals surface area contributed by atoms with Crippen molar-refractivity contribution in [2.75, 3.05) is 5.32 Å². The topological polar surface area (TPSA) is 107 Å². The van der Waals surface area contributed by atoms with Crippen LogP contribution in [0.1, 0.15) is 11.4 Å². The zero-order valence-corrected chi connectivity index (χ0v) is 14.5. The molecule has 0 aliphatic heterocycles. The number of nitrogens with zero attached hydrogens (tertiary/aromatic N) is 3. The van der Waals surface area contributed by atoms with Crippen molar-refractivity contribution in [3.05, 3.63) is 70.0 Å². The number of benzene rings is 2. The number of aryl methyl sites for hydroxylation is 1. The molecule has 1 heterocycles. The molecule has 0 radical (unpaired) electrons. The molecule has 8 nitrogen and oxygen atoms in total. The first-order valence-electron chi connectivity index (χ1n) is 7.61. The summed E-state index contributed by atoms with van der Waals surface area (Å²) in [6.07, 6.45) is 0.205. The third-order valence-electron chi connectivity index (χ3n) is 3.35. The number of anilines is 1. The molecular weight excluding hydrogens is 356 g/mol. The molecule has 1 aromatic heterocycles. The maximum absolute atomic E-state index is 12.0. The van der Waals surface area contributed by atoms with E-state index in [9.17, 15) is 14.9 Å². The van der Waals surface area contributed by atoms with E-state index in [1.807, 2.05) is 0 Å². The number of non-ortho nitro benzene ring substituents is 1. The van der Waals surface area contributed by atoms with Gasteiger partial charge in [-0.3, -0.25) is 14.9 Å². The van der Waals surface area contributed by atoms with Crippen LogP contribution in [0.15, 0.2) is 48.5 Å². The Morgan fingerprint density at radius 2 is 1.77 bits per heavy atom. The smallest absolute Gasteiger partial charge is 0.269 e. The molecule has 0 bridgehead atoms. The molecule has 26 heavy (non-hydrogen) atoms. The lowest BCUT2D eigenvalue weighted by Crippen LogP contribution is -2.14. The zero-order chi connectivity index (χ0) is 18.5. The van der Waals surface area contributed by atoms with Gasteiger partial charge < -0.3 is 10.1 Å². The SMILES string of the molecule is Cc1nsc(NC(=O)Cc2ccc(Oc3ccc([N+](=O)[O-])cc3)cc2)n1. The second-order valence-corrected chi connectivity index (χ2v) is 6.12. The first-order chi connectivity index (χ1) is 12.5. The van der Waals surface area contributed by atoms with Gasteiger partial charge >= 0.3 is 0 Å². The minimum Gasteiger partial charge on any atom is -0.457 e. The Morgan fingerprint density at radius 3 is 2.31 bits per heavy atom. The van der Waals surface area contributed by atoms with Crippen LogP contribution in [0.3, 0.4) is 0 Å². The maximum atomic E-state index is 12.0. The molecule has 132 valence electrons. The molecule has 3 rings (SSSR count). The van der Waals surface area contributed by atoms with Gasteiger partial charge in [0.05, 0.1) is 11.3 Å². The fraction of sp³-hybridized carbons (Fsp3) is 0.118. The minimum atomic E-state index is -0.466. The first kappa shape index (κ1) is 17.5. The Balaban J connectivity index is 1.57. The second kappa shape index (κ2) is 7.70. The lowest BCUT2D eigenvalue weighted by molar-refractivity contribution is -0.384. The molecule has 0 spiro atoms. The van der Waals surface area contributed by atoms with E-state index < -0.39 is 4.92 Å². The third kappa shape index (κ3) is 4.61. The van der Waals surface area contributed by atoms with Gasteiger partial charge in [-0.15, -0.1) is 0 Å². The average molecular weight is 370 g/mol. The number of aromatic nitrogens is 2. The Hall–Kier alpha value is -3.33. The van der Waals surface area contributed by atoms with Gasteiger partial charge in [0.15, 0.2) is 0 Å². The minimum absolute atomic E-state index is 0.00401. The molecule has 0 aliphatic carbocycles.